The van der Waals surface area contributed by atoms with Crippen LogP contribution in [0, 0.1) is 5.92 Å². The van der Waals surface area contributed by atoms with E-state index in [0.29, 0.717) is 12.0 Å². The van der Waals surface area contributed by atoms with Crippen molar-refractivity contribution in [3.05, 3.63) is 12.2 Å². The number of hydrogen-bond donors (Lipinski definition) is 1. The molecule has 1 fully saturated rings. The van der Waals surface area contributed by atoms with Crippen LogP contribution in [0.3, 0.4) is 0 Å². The van der Waals surface area contributed by atoms with Crippen molar-refractivity contribution in [3.63, 3.8) is 0 Å². The van der Waals surface area contributed by atoms with Gasteiger partial charge >= 0.3 is 0 Å². The van der Waals surface area contributed by atoms with Crippen LogP contribution in [0.2, 0.25) is 1.41 Å². The monoisotopic (exact) mass is 140 g/mol. The highest BCUT2D eigenvalue weighted by atomic mass is 14.9. The van der Waals surface area contributed by atoms with Crippen molar-refractivity contribution in [1.82, 2.24) is 5.31 Å². The lowest BCUT2D eigenvalue weighted by atomic mass is 10.1. The average molecular weight is 140 g/mol. The minimum absolute atomic E-state index is 0.386. The Balaban J connectivity index is 2.36. The first-order valence-electron chi connectivity index (χ1n) is 4.58. The van der Waals surface area contributed by atoms with Crippen molar-refractivity contribution in [1.29, 1.82) is 0 Å². The first-order chi connectivity index (χ1) is 5.20. The van der Waals surface area contributed by atoms with Crippen LogP contribution in [-0.4, -0.2) is 12.6 Å². The largest absolute Gasteiger partial charge is 0.311 e. The smallest absolute Gasteiger partial charge is 0.123 e. The third-order valence-corrected chi connectivity index (χ3v) is 1.74. The van der Waals surface area contributed by atoms with Gasteiger partial charge in [0.2, 0.25) is 0 Å². The molecule has 58 valence electrons. The van der Waals surface area contributed by atoms with Gasteiger partial charge < -0.3 is 5.31 Å². The summed E-state index contributed by atoms with van der Waals surface area (Å²) < 4.78 is 7.52. The van der Waals surface area contributed by atoms with Gasteiger partial charge in [0.1, 0.15) is 1.41 Å². The van der Waals surface area contributed by atoms with E-state index in [2.05, 4.69) is 26.0 Å². The van der Waals surface area contributed by atoms with Crippen LogP contribution in [0.4, 0.5) is 0 Å². The molecular formula is C9H17N. The molecule has 0 aliphatic carbocycles. The third-order valence-electron chi connectivity index (χ3n) is 1.74. The zero-order valence-corrected chi connectivity index (χ0v) is 6.88. The summed E-state index contributed by atoms with van der Waals surface area (Å²) in [4.78, 5) is 0. The maximum absolute atomic E-state index is 7.52. The zero-order chi connectivity index (χ0) is 8.27. The molecule has 1 rings (SSSR count). The van der Waals surface area contributed by atoms with Crippen molar-refractivity contribution < 1.29 is 1.41 Å². The Labute approximate surface area is 65.0 Å². The Hall–Kier alpha value is -0.300. The molecular weight excluding hydrogens is 122 g/mol. The van der Waals surface area contributed by atoms with Crippen LogP contribution in [0.5, 0.6) is 0 Å². The molecule has 0 saturated carbocycles. The fourth-order valence-electron chi connectivity index (χ4n) is 1.16. The van der Waals surface area contributed by atoms with E-state index in [1.54, 1.807) is 5.31 Å². The second-order valence-electron chi connectivity index (χ2n) is 3.24. The second kappa shape index (κ2) is 3.77. The highest BCUT2D eigenvalue weighted by Gasteiger charge is 2.09. The van der Waals surface area contributed by atoms with Gasteiger partial charge in [-0.05, 0) is 25.3 Å². The summed E-state index contributed by atoms with van der Waals surface area (Å²) in [6.07, 6.45) is 6.70. The summed E-state index contributed by atoms with van der Waals surface area (Å²) in [5, 5.41) is 1.68. The van der Waals surface area contributed by atoms with Crippen molar-refractivity contribution in [2.24, 2.45) is 5.92 Å². The van der Waals surface area contributed by atoms with Crippen molar-refractivity contribution in [3.8, 4) is 0 Å². The lowest BCUT2D eigenvalue weighted by Crippen LogP contribution is -2.18. The first-order valence-corrected chi connectivity index (χ1v) is 4.14. The Bertz CT molecular complexity index is 142. The number of rotatable bonds is 2. The standard InChI is InChI=1S/C9H17N/c1-8(2)5-6-9-4-3-7-10-9/h5-6,8-10H,3-4,7H2,1-2H3/b6-5+/i/hD. The van der Waals surface area contributed by atoms with Crippen molar-refractivity contribution in [2.75, 3.05) is 6.54 Å². The summed E-state index contributed by atoms with van der Waals surface area (Å²) in [7, 11) is 0. The highest BCUT2D eigenvalue weighted by molar-refractivity contribution is 4.96. The minimum atomic E-state index is 0.386. The van der Waals surface area contributed by atoms with E-state index in [1.807, 2.05) is 0 Å². The summed E-state index contributed by atoms with van der Waals surface area (Å²) >= 11 is 0. The number of allylic oxidation sites excluding steroid dienone is 1. The van der Waals surface area contributed by atoms with Gasteiger partial charge in [-0.2, -0.15) is 0 Å². The Morgan fingerprint density at radius 3 is 3.00 bits per heavy atom. The van der Waals surface area contributed by atoms with Gasteiger partial charge in [-0.15, -0.1) is 0 Å². The van der Waals surface area contributed by atoms with Crippen LogP contribution < -0.4 is 5.31 Å². The zero-order valence-electron chi connectivity index (χ0n) is 7.88. The average Bonchev–Trinajstić information content (AvgIpc) is 2.31. The van der Waals surface area contributed by atoms with Crippen LogP contribution in [0.15, 0.2) is 12.2 Å². The quantitative estimate of drug-likeness (QED) is 0.578. The molecule has 0 aromatic heterocycles. The minimum Gasteiger partial charge on any atom is -0.311 e. The topological polar surface area (TPSA) is 12.0 Å². The van der Waals surface area contributed by atoms with Gasteiger partial charge in [-0.25, -0.2) is 0 Å². The Morgan fingerprint density at radius 2 is 2.50 bits per heavy atom. The second-order valence-corrected chi connectivity index (χ2v) is 3.24. The molecule has 0 aromatic rings. The predicted molar refractivity (Wildman–Crippen MR) is 45.0 cm³/mol. The lowest BCUT2D eigenvalue weighted by Gasteiger charge is -2.02. The highest BCUT2D eigenvalue weighted by Crippen LogP contribution is 2.07. The van der Waals surface area contributed by atoms with E-state index < -0.39 is 0 Å². The van der Waals surface area contributed by atoms with Gasteiger partial charge in [0.05, 0.1) is 0 Å². The summed E-state index contributed by atoms with van der Waals surface area (Å²) in [6.45, 7) is 5.27. The molecule has 1 aliphatic heterocycles. The van der Waals surface area contributed by atoms with Crippen LogP contribution in [0.25, 0.3) is 0 Å². The molecule has 10 heavy (non-hydrogen) atoms. The maximum Gasteiger partial charge on any atom is 0.123 e. The van der Waals surface area contributed by atoms with E-state index in [-0.39, 0.29) is 0 Å². The van der Waals surface area contributed by atoms with E-state index in [0.717, 1.165) is 13.0 Å². The third kappa shape index (κ3) is 2.53. The van der Waals surface area contributed by atoms with E-state index in [4.69, 9.17) is 1.41 Å². The van der Waals surface area contributed by atoms with Crippen LogP contribution in [0.1, 0.15) is 26.7 Å². The molecule has 1 unspecified atom stereocenters. The van der Waals surface area contributed by atoms with Crippen molar-refractivity contribution in [2.45, 2.75) is 32.7 Å². The molecule has 0 radical (unpaired) electrons. The predicted octanol–water partition coefficient (Wildman–Crippen LogP) is 1.95. The first kappa shape index (κ1) is 6.41. The molecule has 0 aromatic carbocycles. The molecule has 1 atom stereocenters. The molecule has 1 N–H and O–H groups in total. The summed E-state index contributed by atoms with van der Waals surface area (Å²) in [5.41, 5.74) is 0. The molecule has 0 bridgehead atoms. The van der Waals surface area contributed by atoms with Gasteiger partial charge in [0, 0.05) is 6.04 Å². The van der Waals surface area contributed by atoms with Crippen LogP contribution >= 0.6 is 0 Å². The van der Waals surface area contributed by atoms with E-state index >= 15 is 0 Å². The van der Waals surface area contributed by atoms with E-state index in [9.17, 15) is 0 Å². The van der Waals surface area contributed by atoms with E-state index in [1.165, 1.54) is 6.42 Å². The number of hydrogen-bond acceptors (Lipinski definition) is 1. The maximum atomic E-state index is 7.52. The molecule has 1 heteroatoms. The summed E-state index contributed by atoms with van der Waals surface area (Å²) in [6, 6.07) is 0.386. The van der Waals surface area contributed by atoms with Crippen molar-refractivity contribution >= 4 is 0 Å². The molecule has 1 saturated heterocycles. The summed E-state index contributed by atoms with van der Waals surface area (Å²) in [5.74, 6) is 0.615. The van der Waals surface area contributed by atoms with Gasteiger partial charge in [0.25, 0.3) is 0 Å². The lowest BCUT2D eigenvalue weighted by molar-refractivity contribution is 0.714. The fourth-order valence-corrected chi connectivity index (χ4v) is 1.16. The van der Waals surface area contributed by atoms with Crippen LogP contribution in [-0.2, 0) is 0 Å². The molecule has 1 aliphatic rings. The van der Waals surface area contributed by atoms with Gasteiger partial charge in [0.15, 0.2) is 0 Å². The normalized spacial score (nSPS) is 30.3. The molecule has 0 amide bonds. The molecule has 1 nitrogen and oxygen atoms in total. The Kier molecular flexibility index (Phi) is 2.42. The fraction of sp³-hybridized carbons (Fsp3) is 0.778. The van der Waals surface area contributed by atoms with Gasteiger partial charge in [-0.1, -0.05) is 26.0 Å². The Morgan fingerprint density at radius 1 is 1.70 bits per heavy atom. The molecule has 0 spiro atoms. The van der Waals surface area contributed by atoms with Gasteiger partial charge in [-0.3, -0.25) is 0 Å². The molecule has 1 heterocycles. The SMILES string of the molecule is [2H]N1CCCC1/C=C/C(C)C. The number of nitrogens with one attached hydrogen (secondary N) is 1.